The molecule has 1 amide bonds. The number of rotatable bonds is 11. The van der Waals surface area contributed by atoms with E-state index in [-0.39, 0.29) is 12.4 Å². The lowest BCUT2D eigenvalue weighted by Gasteiger charge is -2.14. The number of hydrogen-bond donors (Lipinski definition) is 2. The van der Waals surface area contributed by atoms with Gasteiger partial charge in [0.2, 0.25) is 0 Å². The van der Waals surface area contributed by atoms with Crippen LogP contribution < -0.4 is 10.1 Å². The first-order chi connectivity index (χ1) is 11.9. The van der Waals surface area contributed by atoms with E-state index < -0.39 is 23.2 Å². The summed E-state index contributed by atoms with van der Waals surface area (Å²) in [7, 11) is 0. The number of carbonyl (C=O) groups excluding carboxylic acids is 1. The second-order valence-electron chi connectivity index (χ2n) is 5.01. The summed E-state index contributed by atoms with van der Waals surface area (Å²) in [6.45, 7) is -0.0195. The summed E-state index contributed by atoms with van der Waals surface area (Å²) in [5, 5.41) is 20.6. The molecule has 2 N–H and O–H groups in total. The molecule has 0 heterocycles. The number of ether oxygens (including phenoxy) is 1. The fourth-order valence-electron chi connectivity index (χ4n) is 1.95. The first-order valence-electron chi connectivity index (χ1n) is 7.48. The van der Waals surface area contributed by atoms with Gasteiger partial charge in [0.1, 0.15) is 11.8 Å². The van der Waals surface area contributed by atoms with Crippen molar-refractivity contribution in [1.82, 2.24) is 5.32 Å². The molecule has 9 nitrogen and oxygen atoms in total. The maximum absolute atomic E-state index is 11.8. The van der Waals surface area contributed by atoms with E-state index in [4.69, 9.17) is 9.84 Å². The van der Waals surface area contributed by atoms with Crippen LogP contribution >= 0.6 is 11.8 Å². The van der Waals surface area contributed by atoms with Gasteiger partial charge < -0.3 is 20.0 Å². The molecule has 138 valence electrons. The van der Waals surface area contributed by atoms with E-state index in [1.807, 2.05) is 6.26 Å². The average Bonchev–Trinajstić information content (AvgIpc) is 2.55. The second kappa shape index (κ2) is 11.1. The number of aliphatic carboxylic acids is 1. The van der Waals surface area contributed by atoms with Gasteiger partial charge in [-0.25, -0.2) is 9.59 Å². The summed E-state index contributed by atoms with van der Waals surface area (Å²) in [5.41, 5.74) is 0.814. The fraction of sp³-hybridized carbons (Fsp3) is 0.467. The van der Waals surface area contributed by atoms with Gasteiger partial charge in [-0.05, 0) is 49.0 Å². The number of nitrogens with one attached hydrogen (secondary N) is 1. The predicted octanol–water partition coefficient (Wildman–Crippen LogP) is 2.12. The molecule has 0 aliphatic carbocycles. The van der Waals surface area contributed by atoms with Gasteiger partial charge >= 0.3 is 12.1 Å². The van der Waals surface area contributed by atoms with Crippen molar-refractivity contribution in [3.63, 3.8) is 0 Å². The molecule has 0 spiro atoms. The Morgan fingerprint density at radius 2 is 2.20 bits per heavy atom. The van der Waals surface area contributed by atoms with E-state index >= 15 is 0 Å². The van der Waals surface area contributed by atoms with E-state index in [1.54, 1.807) is 24.3 Å². The van der Waals surface area contributed by atoms with Crippen molar-refractivity contribution in [2.24, 2.45) is 0 Å². The number of thioether (sulfide) groups is 1. The van der Waals surface area contributed by atoms with E-state index in [2.05, 4.69) is 10.2 Å². The Bertz CT molecular complexity index is 597. The average molecular weight is 372 g/mol. The molecule has 0 saturated heterocycles. The van der Waals surface area contributed by atoms with Crippen LogP contribution in [0.5, 0.6) is 5.75 Å². The Morgan fingerprint density at radius 1 is 1.44 bits per heavy atom. The summed E-state index contributed by atoms with van der Waals surface area (Å²) in [5.74, 6) is -0.261. The maximum Gasteiger partial charge on any atom is 0.413 e. The first-order valence-corrected chi connectivity index (χ1v) is 8.88. The number of amides is 1. The van der Waals surface area contributed by atoms with Crippen molar-refractivity contribution in [2.75, 3.05) is 18.6 Å². The largest absolute Gasteiger partial charge is 0.480 e. The maximum atomic E-state index is 11.8. The zero-order chi connectivity index (χ0) is 18.7. The van der Waals surface area contributed by atoms with Crippen LogP contribution in [0, 0.1) is 10.1 Å². The molecule has 0 saturated carbocycles. The van der Waals surface area contributed by atoms with Crippen molar-refractivity contribution >= 4 is 23.8 Å². The molecule has 0 bridgehead atoms. The van der Waals surface area contributed by atoms with E-state index in [9.17, 15) is 19.7 Å². The standard InChI is InChI=1S/C15H20N2O7S/c1-25-9-7-13(14(18)19)16-15(20)24-12-6-2-4-11(10-12)5-3-8-23-17(21)22/h2,4,6,10,13H,3,5,7-9H2,1H3,(H,16,20)(H,18,19). The van der Waals surface area contributed by atoms with Crippen molar-refractivity contribution in [2.45, 2.75) is 25.3 Å². The van der Waals surface area contributed by atoms with Gasteiger partial charge in [-0.1, -0.05) is 12.1 Å². The highest BCUT2D eigenvalue weighted by atomic mass is 32.2. The van der Waals surface area contributed by atoms with Gasteiger partial charge in [0.05, 0.1) is 6.61 Å². The predicted molar refractivity (Wildman–Crippen MR) is 91.3 cm³/mol. The van der Waals surface area contributed by atoms with Crippen LogP contribution in [0.2, 0.25) is 0 Å². The van der Waals surface area contributed by atoms with Gasteiger partial charge in [0.15, 0.2) is 0 Å². The molecule has 1 aromatic rings. The minimum atomic E-state index is -1.12. The smallest absolute Gasteiger partial charge is 0.413 e. The minimum absolute atomic E-state index is 0.0195. The van der Waals surface area contributed by atoms with Crippen LogP contribution in [0.1, 0.15) is 18.4 Å². The molecule has 0 aliphatic rings. The van der Waals surface area contributed by atoms with Crippen LogP contribution in [-0.2, 0) is 16.1 Å². The van der Waals surface area contributed by atoms with Crippen LogP contribution in [0.4, 0.5) is 4.79 Å². The van der Waals surface area contributed by atoms with Crippen molar-refractivity contribution in [1.29, 1.82) is 0 Å². The second-order valence-corrected chi connectivity index (χ2v) is 6.00. The van der Waals surface area contributed by atoms with Crippen molar-refractivity contribution in [3.05, 3.63) is 39.9 Å². The lowest BCUT2D eigenvalue weighted by Crippen LogP contribution is -2.42. The first kappa shape index (κ1) is 20.6. The minimum Gasteiger partial charge on any atom is -0.480 e. The van der Waals surface area contributed by atoms with Crippen LogP contribution in [0.25, 0.3) is 0 Å². The summed E-state index contributed by atoms with van der Waals surface area (Å²) in [6, 6.07) is 5.63. The summed E-state index contributed by atoms with van der Waals surface area (Å²) in [6.07, 6.45) is 2.24. The van der Waals surface area contributed by atoms with Gasteiger partial charge in [-0.2, -0.15) is 11.8 Å². The number of benzene rings is 1. The topological polar surface area (TPSA) is 128 Å². The van der Waals surface area contributed by atoms with Crippen LogP contribution in [0.15, 0.2) is 24.3 Å². The Kier molecular flexibility index (Phi) is 9.15. The van der Waals surface area contributed by atoms with Crippen LogP contribution in [0.3, 0.4) is 0 Å². The Labute approximate surface area is 148 Å². The molecule has 0 radical (unpaired) electrons. The number of carboxylic acids is 1. The zero-order valence-electron chi connectivity index (χ0n) is 13.7. The highest BCUT2D eigenvalue weighted by molar-refractivity contribution is 7.98. The molecule has 0 aliphatic heterocycles. The molecule has 1 atom stereocenters. The number of nitrogens with zero attached hydrogens (tertiary/aromatic N) is 1. The summed E-state index contributed by atoms with van der Waals surface area (Å²) < 4.78 is 5.10. The molecule has 1 rings (SSSR count). The summed E-state index contributed by atoms with van der Waals surface area (Å²) >= 11 is 1.48. The Balaban J connectivity index is 2.52. The Hall–Kier alpha value is -2.49. The quantitative estimate of drug-likeness (QED) is 0.343. The third-order valence-corrected chi connectivity index (χ3v) is 3.76. The molecular weight excluding hydrogens is 352 g/mol. The number of carboxylic acid groups (broad SMARTS) is 1. The number of hydrogen-bond acceptors (Lipinski definition) is 7. The number of carbonyl (C=O) groups is 2. The normalized spacial score (nSPS) is 11.4. The van der Waals surface area contributed by atoms with Crippen molar-refractivity contribution < 1.29 is 29.4 Å². The van der Waals surface area contributed by atoms with Gasteiger partial charge in [-0.15, -0.1) is 10.1 Å². The SMILES string of the molecule is CSCCC(NC(=O)Oc1cccc(CCCO[N+](=O)[O-])c1)C(=O)O. The monoisotopic (exact) mass is 372 g/mol. The van der Waals surface area contributed by atoms with E-state index in [0.29, 0.717) is 25.0 Å². The van der Waals surface area contributed by atoms with Crippen molar-refractivity contribution in [3.8, 4) is 5.75 Å². The highest BCUT2D eigenvalue weighted by Gasteiger charge is 2.20. The molecule has 25 heavy (non-hydrogen) atoms. The molecule has 10 heteroatoms. The van der Waals surface area contributed by atoms with E-state index in [1.165, 1.54) is 11.8 Å². The zero-order valence-corrected chi connectivity index (χ0v) is 14.5. The third kappa shape index (κ3) is 8.80. The van der Waals surface area contributed by atoms with Gasteiger partial charge in [-0.3, -0.25) is 0 Å². The van der Waals surface area contributed by atoms with E-state index in [0.717, 1.165) is 5.56 Å². The highest BCUT2D eigenvalue weighted by Crippen LogP contribution is 2.15. The van der Waals surface area contributed by atoms with Crippen LogP contribution in [-0.4, -0.2) is 46.9 Å². The fourth-order valence-corrected chi connectivity index (χ4v) is 2.42. The van der Waals surface area contributed by atoms with Gasteiger partial charge in [0, 0.05) is 0 Å². The van der Waals surface area contributed by atoms with Gasteiger partial charge in [0.25, 0.3) is 5.09 Å². The molecule has 0 aromatic heterocycles. The molecule has 0 fully saturated rings. The third-order valence-electron chi connectivity index (χ3n) is 3.12. The lowest BCUT2D eigenvalue weighted by molar-refractivity contribution is -0.757. The summed E-state index contributed by atoms with van der Waals surface area (Å²) in [4.78, 5) is 37.2. The molecular formula is C15H20N2O7S. The number of aryl methyl sites for hydroxylation is 1. The Morgan fingerprint density at radius 3 is 2.84 bits per heavy atom. The molecule has 1 unspecified atom stereocenters. The lowest BCUT2D eigenvalue weighted by atomic mass is 10.1. The molecule has 1 aromatic carbocycles.